The molecule has 0 unspecified atom stereocenters. The minimum absolute atomic E-state index is 0.163. The molecular formula is C21H22N6OS2. The Labute approximate surface area is 183 Å². The third-order valence-electron chi connectivity index (χ3n) is 5.36. The summed E-state index contributed by atoms with van der Waals surface area (Å²) in [6.07, 6.45) is 5.35. The molecule has 1 amide bonds. The molecule has 2 aromatic heterocycles. The second-order valence-electron chi connectivity index (χ2n) is 7.31. The van der Waals surface area contributed by atoms with Crippen molar-refractivity contribution < 1.29 is 4.79 Å². The van der Waals surface area contributed by atoms with E-state index in [1.807, 2.05) is 32.0 Å². The van der Waals surface area contributed by atoms with Gasteiger partial charge >= 0.3 is 0 Å². The number of nitrogens with zero attached hydrogens (tertiary/aromatic N) is 5. The molecule has 0 radical (unpaired) electrons. The molecule has 3 aromatic rings. The van der Waals surface area contributed by atoms with Gasteiger partial charge in [0.2, 0.25) is 11.1 Å². The molecule has 154 valence electrons. The van der Waals surface area contributed by atoms with Crippen molar-refractivity contribution in [2.75, 3.05) is 11.1 Å². The van der Waals surface area contributed by atoms with Crippen molar-refractivity contribution in [2.24, 2.45) is 0 Å². The number of thiophene rings is 1. The molecule has 0 saturated carbocycles. The predicted octanol–water partition coefficient (Wildman–Crippen LogP) is 4.21. The van der Waals surface area contributed by atoms with Crippen LogP contribution in [0.3, 0.4) is 0 Å². The Bertz CT molecular complexity index is 1130. The van der Waals surface area contributed by atoms with Crippen molar-refractivity contribution in [3.05, 3.63) is 45.3 Å². The van der Waals surface area contributed by atoms with Gasteiger partial charge in [-0.3, -0.25) is 4.79 Å². The van der Waals surface area contributed by atoms with Gasteiger partial charge in [0, 0.05) is 4.88 Å². The van der Waals surface area contributed by atoms with Crippen molar-refractivity contribution in [1.82, 2.24) is 20.2 Å². The van der Waals surface area contributed by atoms with Crippen LogP contribution in [0.25, 0.3) is 5.69 Å². The van der Waals surface area contributed by atoms with E-state index in [2.05, 4.69) is 26.9 Å². The molecular weight excluding hydrogens is 416 g/mol. The number of nitrogens with one attached hydrogen (secondary N) is 1. The number of hydrogen-bond donors (Lipinski definition) is 1. The van der Waals surface area contributed by atoms with Crippen LogP contribution >= 0.6 is 23.1 Å². The van der Waals surface area contributed by atoms with Crippen LogP contribution in [-0.4, -0.2) is 31.9 Å². The summed E-state index contributed by atoms with van der Waals surface area (Å²) in [6.45, 7) is 4.07. The first-order chi connectivity index (χ1) is 14.6. The summed E-state index contributed by atoms with van der Waals surface area (Å²) in [5.41, 5.74) is 4.90. The van der Waals surface area contributed by atoms with Crippen molar-refractivity contribution in [1.29, 1.82) is 5.26 Å². The first-order valence-electron chi connectivity index (χ1n) is 9.90. The van der Waals surface area contributed by atoms with E-state index >= 15 is 0 Å². The normalized spacial score (nSPS) is 13.4. The molecule has 0 saturated heterocycles. The van der Waals surface area contributed by atoms with E-state index in [0.29, 0.717) is 15.7 Å². The molecule has 4 rings (SSSR count). The van der Waals surface area contributed by atoms with Crippen LogP contribution in [-0.2, 0) is 17.6 Å². The number of rotatable bonds is 5. The van der Waals surface area contributed by atoms with Gasteiger partial charge in [0.15, 0.2) is 0 Å². The second kappa shape index (κ2) is 8.98. The predicted molar refractivity (Wildman–Crippen MR) is 118 cm³/mol. The van der Waals surface area contributed by atoms with Crippen molar-refractivity contribution in [3.63, 3.8) is 0 Å². The summed E-state index contributed by atoms with van der Waals surface area (Å²) in [4.78, 5) is 13.9. The number of anilines is 1. The van der Waals surface area contributed by atoms with E-state index in [1.165, 1.54) is 23.1 Å². The number of hydrogen-bond acceptors (Lipinski definition) is 7. The Kier molecular flexibility index (Phi) is 6.16. The fraction of sp³-hybridized carbons (Fsp3) is 0.381. The average Bonchev–Trinajstić information content (AvgIpc) is 3.25. The van der Waals surface area contributed by atoms with Gasteiger partial charge in [-0.05, 0) is 72.7 Å². The van der Waals surface area contributed by atoms with E-state index in [4.69, 9.17) is 0 Å². The standard InChI is InChI=1S/C21H22N6OS2/c1-13-7-6-9-17(14(13)2)27-21(24-25-26-27)29-12-19(28)23-20-16(11-22)15-8-4-3-5-10-18(15)30-20/h6-7,9H,3-5,8,10,12H2,1-2H3,(H,23,28). The van der Waals surface area contributed by atoms with E-state index in [1.54, 1.807) is 16.0 Å². The second-order valence-corrected chi connectivity index (χ2v) is 9.36. The highest BCUT2D eigenvalue weighted by Gasteiger charge is 2.21. The lowest BCUT2D eigenvalue weighted by Gasteiger charge is -2.09. The fourth-order valence-electron chi connectivity index (χ4n) is 3.63. The first kappa shape index (κ1) is 20.6. The molecule has 0 aliphatic heterocycles. The van der Waals surface area contributed by atoms with Gasteiger partial charge < -0.3 is 5.32 Å². The molecule has 2 heterocycles. The molecule has 0 bridgehead atoms. The Balaban J connectivity index is 1.47. The molecule has 9 heteroatoms. The van der Waals surface area contributed by atoms with E-state index < -0.39 is 0 Å². The highest BCUT2D eigenvalue weighted by molar-refractivity contribution is 7.99. The van der Waals surface area contributed by atoms with Gasteiger partial charge in [0.05, 0.1) is 17.0 Å². The zero-order chi connectivity index (χ0) is 21.1. The lowest BCUT2D eigenvalue weighted by Crippen LogP contribution is -2.14. The minimum Gasteiger partial charge on any atom is -0.316 e. The number of aryl methyl sites for hydroxylation is 2. The lowest BCUT2D eigenvalue weighted by atomic mass is 10.1. The lowest BCUT2D eigenvalue weighted by molar-refractivity contribution is -0.113. The number of carbonyl (C=O) groups is 1. The average molecular weight is 439 g/mol. The van der Waals surface area contributed by atoms with Gasteiger partial charge in [-0.2, -0.15) is 9.94 Å². The smallest absolute Gasteiger partial charge is 0.235 e. The molecule has 0 fully saturated rings. The monoisotopic (exact) mass is 438 g/mol. The van der Waals surface area contributed by atoms with Crippen LogP contribution in [0.15, 0.2) is 23.4 Å². The summed E-state index contributed by atoms with van der Waals surface area (Å²) in [6, 6.07) is 8.26. The van der Waals surface area contributed by atoms with Crippen LogP contribution in [0.2, 0.25) is 0 Å². The Morgan fingerprint density at radius 1 is 1.30 bits per heavy atom. The summed E-state index contributed by atoms with van der Waals surface area (Å²) < 4.78 is 1.66. The largest absolute Gasteiger partial charge is 0.316 e. The summed E-state index contributed by atoms with van der Waals surface area (Å²) in [5.74, 6) is 0.00185. The van der Waals surface area contributed by atoms with Crippen molar-refractivity contribution in [2.45, 2.75) is 51.1 Å². The Morgan fingerprint density at radius 2 is 2.13 bits per heavy atom. The molecule has 1 aliphatic carbocycles. The molecule has 1 aromatic carbocycles. The summed E-state index contributed by atoms with van der Waals surface area (Å²) >= 11 is 2.82. The van der Waals surface area contributed by atoms with Gasteiger partial charge in [-0.25, -0.2) is 0 Å². The molecule has 7 nitrogen and oxygen atoms in total. The number of nitriles is 1. The molecule has 1 aliphatic rings. The number of benzene rings is 1. The minimum atomic E-state index is -0.163. The van der Waals surface area contributed by atoms with Crippen LogP contribution in [0.4, 0.5) is 5.00 Å². The van der Waals surface area contributed by atoms with Gasteiger partial charge in [0.25, 0.3) is 0 Å². The molecule has 1 N–H and O–H groups in total. The first-order valence-corrected chi connectivity index (χ1v) is 11.7. The van der Waals surface area contributed by atoms with Crippen LogP contribution in [0.5, 0.6) is 0 Å². The van der Waals surface area contributed by atoms with Crippen LogP contribution < -0.4 is 5.32 Å². The van der Waals surface area contributed by atoms with Gasteiger partial charge in [0.1, 0.15) is 11.1 Å². The summed E-state index contributed by atoms with van der Waals surface area (Å²) in [7, 11) is 0. The van der Waals surface area contributed by atoms with E-state index in [0.717, 1.165) is 48.1 Å². The molecule has 30 heavy (non-hydrogen) atoms. The number of tetrazole rings is 1. The topological polar surface area (TPSA) is 96.5 Å². The quantitative estimate of drug-likeness (QED) is 0.473. The van der Waals surface area contributed by atoms with Crippen molar-refractivity contribution in [3.8, 4) is 11.8 Å². The zero-order valence-electron chi connectivity index (χ0n) is 16.9. The molecule has 0 spiro atoms. The number of aromatic nitrogens is 4. The molecule has 0 atom stereocenters. The number of thioether (sulfide) groups is 1. The van der Waals surface area contributed by atoms with Crippen LogP contribution in [0.1, 0.15) is 46.4 Å². The maximum atomic E-state index is 12.6. The third-order valence-corrected chi connectivity index (χ3v) is 7.49. The number of carbonyl (C=O) groups excluding carboxylic acids is 1. The number of amides is 1. The number of fused-ring (bicyclic) bond motifs is 1. The Hall–Kier alpha value is -2.70. The SMILES string of the molecule is Cc1cccc(-n2nnnc2SCC(=O)Nc2sc3c(c2C#N)CCCCC3)c1C. The maximum absolute atomic E-state index is 12.6. The van der Waals surface area contributed by atoms with Gasteiger partial charge in [-0.1, -0.05) is 30.3 Å². The third kappa shape index (κ3) is 4.11. The van der Waals surface area contributed by atoms with E-state index in [-0.39, 0.29) is 11.7 Å². The van der Waals surface area contributed by atoms with Gasteiger partial charge in [-0.15, -0.1) is 16.4 Å². The Morgan fingerprint density at radius 3 is 2.97 bits per heavy atom. The fourth-order valence-corrected chi connectivity index (χ4v) is 5.57. The maximum Gasteiger partial charge on any atom is 0.235 e. The highest BCUT2D eigenvalue weighted by Crippen LogP contribution is 2.37. The summed E-state index contributed by atoms with van der Waals surface area (Å²) in [5, 5.41) is 25.7. The van der Waals surface area contributed by atoms with Crippen molar-refractivity contribution >= 4 is 34.0 Å². The van der Waals surface area contributed by atoms with E-state index in [9.17, 15) is 10.1 Å². The highest BCUT2D eigenvalue weighted by atomic mass is 32.2. The van der Waals surface area contributed by atoms with Crippen LogP contribution in [0, 0.1) is 25.2 Å². The zero-order valence-corrected chi connectivity index (χ0v) is 18.6.